The van der Waals surface area contributed by atoms with Gasteiger partial charge in [0.2, 0.25) is 16.8 Å². The Morgan fingerprint density at radius 1 is 1.00 bits per heavy atom. The number of thiol groups is 1. The molecular formula is C26H31N7O3S. The summed E-state index contributed by atoms with van der Waals surface area (Å²) < 4.78 is 26.4. The maximum absolute atomic E-state index is 11.0. The molecule has 4 aromatic rings. The van der Waals surface area contributed by atoms with Gasteiger partial charge < -0.3 is 15.3 Å². The molecule has 11 heteroatoms. The molecule has 0 aliphatic carbocycles. The van der Waals surface area contributed by atoms with Crippen molar-refractivity contribution in [3.05, 3.63) is 72.4 Å². The first-order valence-electron chi connectivity index (χ1n) is 12.3. The fourth-order valence-electron chi connectivity index (χ4n) is 4.68. The van der Waals surface area contributed by atoms with Crippen molar-refractivity contribution in [2.24, 2.45) is 0 Å². The summed E-state index contributed by atoms with van der Waals surface area (Å²) in [6, 6.07) is 19.8. The molecule has 194 valence electrons. The third-order valence-corrected chi connectivity index (χ3v) is 6.89. The number of fused-ring (bicyclic) bond motifs is 1. The van der Waals surface area contributed by atoms with Gasteiger partial charge in [-0.2, -0.15) is 0 Å². The number of β-amino-alcohol motifs (C(OH)–C–C–N with tert-alkyl or cyclic N) is 1. The van der Waals surface area contributed by atoms with E-state index in [1.807, 2.05) is 60.0 Å². The lowest BCUT2D eigenvalue weighted by molar-refractivity contribution is 0.123. The minimum atomic E-state index is -2.68. The second kappa shape index (κ2) is 11.3. The third kappa shape index (κ3) is 6.08. The third-order valence-electron chi connectivity index (χ3n) is 6.47. The molecule has 0 amide bonds. The largest absolute Gasteiger partial charge is 0.392 e. The Morgan fingerprint density at radius 3 is 2.49 bits per heavy atom. The van der Waals surface area contributed by atoms with E-state index in [9.17, 15) is 13.5 Å². The van der Waals surface area contributed by atoms with E-state index in [4.69, 9.17) is 5.10 Å². The van der Waals surface area contributed by atoms with Crippen molar-refractivity contribution in [3.8, 4) is 11.3 Å². The van der Waals surface area contributed by atoms with Crippen LogP contribution in [0.3, 0.4) is 0 Å². The molecule has 0 radical (unpaired) electrons. The molecule has 5 rings (SSSR count). The number of hydrogen-bond acceptors (Lipinski definition) is 8. The van der Waals surface area contributed by atoms with Gasteiger partial charge >= 0.3 is 0 Å². The van der Waals surface area contributed by atoms with Crippen LogP contribution in [0.4, 0.5) is 17.3 Å². The van der Waals surface area contributed by atoms with Crippen LogP contribution in [0.15, 0.2) is 66.9 Å². The zero-order chi connectivity index (χ0) is 25.8. The number of nitrogens with zero attached hydrogens (tertiary/aromatic N) is 5. The first-order chi connectivity index (χ1) is 18.0. The number of nitrogens with one attached hydrogen (secondary N) is 2. The van der Waals surface area contributed by atoms with Gasteiger partial charge in [0.1, 0.15) is 0 Å². The average molecular weight is 522 g/mol. The van der Waals surface area contributed by atoms with E-state index in [0.29, 0.717) is 12.5 Å². The van der Waals surface area contributed by atoms with E-state index in [0.717, 1.165) is 59.9 Å². The minimum absolute atomic E-state index is 0.209. The predicted molar refractivity (Wildman–Crippen MR) is 146 cm³/mol. The van der Waals surface area contributed by atoms with E-state index in [1.165, 1.54) is 0 Å². The van der Waals surface area contributed by atoms with Crippen LogP contribution in [-0.2, 0) is 17.4 Å². The highest BCUT2D eigenvalue weighted by Gasteiger charge is 2.18. The van der Waals surface area contributed by atoms with E-state index < -0.39 is 10.9 Å². The molecule has 37 heavy (non-hydrogen) atoms. The Balaban J connectivity index is 1.31. The molecule has 10 nitrogen and oxygen atoms in total. The molecular weight excluding hydrogens is 490 g/mol. The SMILES string of the molecule is C[C@H](O)CN1CCN(c2ccc(Nc3ncc4ccc(-c5ccccc5CN[SH](=O)=O)n4n3)cc2)CC1. The van der Waals surface area contributed by atoms with Gasteiger partial charge in [0.15, 0.2) is 0 Å². The Morgan fingerprint density at radius 2 is 1.76 bits per heavy atom. The quantitative estimate of drug-likeness (QED) is 0.248. The van der Waals surface area contributed by atoms with Gasteiger partial charge in [-0.1, -0.05) is 24.3 Å². The number of rotatable bonds is 9. The predicted octanol–water partition coefficient (Wildman–Crippen LogP) is 2.26. The number of aromatic nitrogens is 3. The van der Waals surface area contributed by atoms with Crippen LogP contribution in [0.2, 0.25) is 0 Å². The molecule has 0 saturated carbocycles. The lowest BCUT2D eigenvalue weighted by atomic mass is 10.1. The standard InChI is InChI=1S/C26H31N7O3S/c1-19(34)18-31-12-14-32(15-13-31)22-8-6-21(7-9-22)29-26-27-17-23-10-11-25(33(23)30-26)24-5-3-2-4-20(24)16-28-37(35)36/h2-11,17,19,34,37H,12-16,18H2,1H3,(H,29,30)(H,28,35,36)/t19-/m0/s1. The van der Waals surface area contributed by atoms with Gasteiger partial charge in [-0.3, -0.25) is 4.90 Å². The van der Waals surface area contributed by atoms with Gasteiger partial charge in [0, 0.05) is 56.2 Å². The molecule has 0 bridgehead atoms. The van der Waals surface area contributed by atoms with Gasteiger partial charge in [0.25, 0.3) is 0 Å². The smallest absolute Gasteiger partial charge is 0.245 e. The van der Waals surface area contributed by atoms with Crippen LogP contribution in [0.25, 0.3) is 16.8 Å². The van der Waals surface area contributed by atoms with Crippen LogP contribution >= 0.6 is 0 Å². The van der Waals surface area contributed by atoms with Crippen molar-refractivity contribution in [1.29, 1.82) is 0 Å². The summed E-state index contributed by atoms with van der Waals surface area (Å²) in [6.07, 6.45) is 1.46. The van der Waals surface area contributed by atoms with E-state index >= 15 is 0 Å². The van der Waals surface area contributed by atoms with Gasteiger partial charge in [-0.15, -0.1) is 5.10 Å². The molecule has 1 aliphatic heterocycles. The van der Waals surface area contributed by atoms with Crippen molar-refractivity contribution in [2.75, 3.05) is 42.9 Å². The summed E-state index contributed by atoms with van der Waals surface area (Å²) in [5.74, 6) is 0.461. The molecule has 1 aliphatic rings. The molecule has 0 spiro atoms. The molecule has 2 aromatic heterocycles. The fraction of sp³-hybridized carbons (Fsp3) is 0.308. The van der Waals surface area contributed by atoms with Crippen molar-refractivity contribution in [2.45, 2.75) is 19.6 Å². The monoisotopic (exact) mass is 521 g/mol. The summed E-state index contributed by atoms with van der Waals surface area (Å²) in [4.78, 5) is 9.11. The Labute approximate surface area is 217 Å². The molecule has 2 aromatic carbocycles. The number of benzene rings is 2. The zero-order valence-corrected chi connectivity index (χ0v) is 21.5. The maximum atomic E-state index is 11.0. The summed E-state index contributed by atoms with van der Waals surface area (Å²) in [7, 11) is -2.68. The van der Waals surface area contributed by atoms with Crippen LogP contribution in [0.1, 0.15) is 12.5 Å². The number of anilines is 3. The van der Waals surface area contributed by atoms with Gasteiger partial charge in [-0.25, -0.2) is 22.6 Å². The summed E-state index contributed by atoms with van der Waals surface area (Å²) in [6.45, 7) is 6.48. The normalized spacial score (nSPS) is 15.4. The molecule has 1 saturated heterocycles. The van der Waals surface area contributed by atoms with Gasteiger partial charge in [-0.05, 0) is 48.9 Å². The minimum Gasteiger partial charge on any atom is -0.392 e. The molecule has 1 fully saturated rings. The van der Waals surface area contributed by atoms with Crippen LogP contribution < -0.4 is 14.9 Å². The second-order valence-electron chi connectivity index (χ2n) is 9.19. The Bertz CT molecular complexity index is 1420. The highest BCUT2D eigenvalue weighted by molar-refractivity contribution is 7.70. The van der Waals surface area contributed by atoms with Gasteiger partial charge in [0.05, 0.1) is 23.5 Å². The fourth-order valence-corrected chi connectivity index (χ4v) is 4.98. The van der Waals surface area contributed by atoms with Crippen molar-refractivity contribution < 1.29 is 13.5 Å². The Hall–Kier alpha value is -3.51. The number of aliphatic hydroxyl groups is 1. The number of piperazine rings is 1. The number of aliphatic hydroxyl groups excluding tert-OH is 1. The second-order valence-corrected chi connectivity index (χ2v) is 10.0. The first-order valence-corrected chi connectivity index (χ1v) is 13.5. The van der Waals surface area contributed by atoms with Crippen molar-refractivity contribution in [3.63, 3.8) is 0 Å². The lowest BCUT2D eigenvalue weighted by Gasteiger charge is -2.36. The zero-order valence-electron chi connectivity index (χ0n) is 20.6. The van der Waals surface area contributed by atoms with E-state index in [2.05, 4.69) is 37.0 Å². The van der Waals surface area contributed by atoms with Crippen LogP contribution in [0, 0.1) is 0 Å². The molecule has 3 N–H and O–H groups in total. The Kier molecular flexibility index (Phi) is 7.65. The topological polar surface area (TPSA) is 115 Å². The number of hydrogen-bond donors (Lipinski definition) is 4. The highest BCUT2D eigenvalue weighted by atomic mass is 32.2. The summed E-state index contributed by atoms with van der Waals surface area (Å²) in [5, 5.41) is 17.6. The average Bonchev–Trinajstić information content (AvgIpc) is 3.31. The van der Waals surface area contributed by atoms with Crippen LogP contribution in [-0.4, -0.2) is 71.9 Å². The van der Waals surface area contributed by atoms with Crippen LogP contribution in [0.5, 0.6) is 0 Å². The van der Waals surface area contributed by atoms with Crippen molar-refractivity contribution >= 4 is 33.7 Å². The summed E-state index contributed by atoms with van der Waals surface area (Å²) >= 11 is 0. The lowest BCUT2D eigenvalue weighted by Crippen LogP contribution is -2.48. The van der Waals surface area contributed by atoms with E-state index in [-0.39, 0.29) is 12.6 Å². The molecule has 0 unspecified atom stereocenters. The molecule has 3 heterocycles. The first kappa shape index (κ1) is 25.2. The van der Waals surface area contributed by atoms with E-state index in [1.54, 1.807) is 6.20 Å². The maximum Gasteiger partial charge on any atom is 0.245 e. The molecule has 1 atom stereocenters. The highest BCUT2D eigenvalue weighted by Crippen LogP contribution is 2.26. The van der Waals surface area contributed by atoms with Crippen molar-refractivity contribution in [1.82, 2.24) is 24.2 Å². The summed E-state index contributed by atoms with van der Waals surface area (Å²) in [5.41, 5.74) is 5.49.